The van der Waals surface area contributed by atoms with E-state index in [-0.39, 0.29) is 6.42 Å². The summed E-state index contributed by atoms with van der Waals surface area (Å²) >= 11 is 0. The van der Waals surface area contributed by atoms with Gasteiger partial charge >= 0.3 is 11.9 Å². The first-order valence-electron chi connectivity index (χ1n) is 15.4. The third-order valence-electron chi connectivity index (χ3n) is 10.4. The molecule has 42 heavy (non-hydrogen) atoms. The van der Waals surface area contributed by atoms with Gasteiger partial charge in [-0.25, -0.2) is 4.79 Å². The predicted octanol–water partition coefficient (Wildman–Crippen LogP) is 4.38. The van der Waals surface area contributed by atoms with E-state index < -0.39 is 82.2 Å². The molecule has 8 nitrogen and oxygen atoms in total. The fourth-order valence-corrected chi connectivity index (χ4v) is 8.09. The van der Waals surface area contributed by atoms with E-state index in [4.69, 9.17) is 9.47 Å². The van der Waals surface area contributed by atoms with E-state index in [2.05, 4.69) is 6.92 Å². The maximum Gasteiger partial charge on any atom is 0.331 e. The van der Waals surface area contributed by atoms with E-state index in [0.29, 0.717) is 11.1 Å². The summed E-state index contributed by atoms with van der Waals surface area (Å²) in [4.78, 5) is 39.6. The van der Waals surface area contributed by atoms with Crippen LogP contribution < -0.4 is 0 Å². The molecule has 0 heterocycles. The Morgan fingerprint density at radius 3 is 2.45 bits per heavy atom. The van der Waals surface area contributed by atoms with Crippen molar-refractivity contribution in [3.63, 3.8) is 0 Å². The topological polar surface area (TPSA) is 130 Å². The molecule has 0 amide bonds. The summed E-state index contributed by atoms with van der Waals surface area (Å²) in [5.74, 6) is -5.11. The summed E-state index contributed by atoms with van der Waals surface area (Å²) in [5, 5.41) is 34.8. The highest BCUT2D eigenvalue weighted by molar-refractivity contribution is 6.04. The van der Waals surface area contributed by atoms with Crippen LogP contribution in [0.4, 0.5) is 0 Å². The molecular weight excluding hydrogens is 536 g/mol. The molecule has 8 heteroatoms. The molecule has 0 saturated heterocycles. The van der Waals surface area contributed by atoms with Crippen LogP contribution in [-0.4, -0.2) is 62.6 Å². The molecule has 0 aromatic heterocycles. The van der Waals surface area contributed by atoms with E-state index in [1.165, 1.54) is 6.08 Å². The maximum absolute atomic E-state index is 13.3. The Morgan fingerprint density at radius 2 is 1.83 bits per heavy atom. The normalized spacial score (nSPS) is 38.5. The number of aliphatic hydroxyl groups is 3. The number of esters is 2. The molecule has 8 atom stereocenters. The molecule has 4 aliphatic carbocycles. The largest absolute Gasteiger partial charge is 0.455 e. The summed E-state index contributed by atoms with van der Waals surface area (Å²) in [6.45, 7) is 12.4. The van der Waals surface area contributed by atoms with Crippen molar-refractivity contribution in [3.8, 4) is 0 Å². The molecule has 2 saturated carbocycles. The Bertz CT molecular complexity index is 1220. The van der Waals surface area contributed by atoms with Crippen molar-refractivity contribution in [3.05, 3.63) is 47.6 Å². The number of ether oxygens (including phenoxy) is 2. The molecule has 4 rings (SSSR count). The second-order valence-electron chi connectivity index (χ2n) is 13.7. The molecule has 4 unspecified atom stereocenters. The predicted molar refractivity (Wildman–Crippen MR) is 158 cm³/mol. The van der Waals surface area contributed by atoms with Crippen LogP contribution in [0.1, 0.15) is 80.6 Å². The number of aliphatic hydroxyl groups excluding tert-OH is 1. The molecule has 0 aliphatic heterocycles. The number of Topliss-reactive ketones (excluding diaryl/α,β-unsaturated/α-hetero) is 1. The second-order valence-corrected chi connectivity index (χ2v) is 13.7. The number of carbonyl (C=O) groups excluding carboxylic acids is 3. The van der Waals surface area contributed by atoms with E-state index in [1.807, 2.05) is 19.9 Å². The van der Waals surface area contributed by atoms with Gasteiger partial charge in [0.2, 0.25) is 0 Å². The van der Waals surface area contributed by atoms with Crippen molar-refractivity contribution in [2.24, 2.45) is 35.0 Å². The lowest BCUT2D eigenvalue weighted by Crippen LogP contribution is -2.66. The van der Waals surface area contributed by atoms with Crippen molar-refractivity contribution in [2.75, 3.05) is 6.61 Å². The van der Waals surface area contributed by atoms with Crippen LogP contribution >= 0.6 is 0 Å². The Labute approximate surface area is 249 Å². The zero-order chi connectivity index (χ0) is 31.3. The molecule has 232 valence electrons. The number of carbonyl (C=O) groups is 3. The monoisotopic (exact) mass is 584 g/mol. The molecule has 0 spiro atoms. The van der Waals surface area contributed by atoms with Gasteiger partial charge in [-0.15, -0.1) is 0 Å². The van der Waals surface area contributed by atoms with Crippen molar-refractivity contribution in [1.29, 1.82) is 0 Å². The van der Waals surface area contributed by atoms with Gasteiger partial charge in [0.15, 0.2) is 11.4 Å². The molecular formula is C34H48O8. The second kappa shape index (κ2) is 11.5. The number of unbranched alkanes of at least 4 members (excludes halogenated alkanes) is 3. The van der Waals surface area contributed by atoms with Gasteiger partial charge < -0.3 is 24.8 Å². The SMILES string of the molecule is CCCCC/C=C/C=C\C(=O)O[C@@H]1[C@H](C)[C@@]2(O)C(C=C(CO)C[C@]3(O)C(=O)C(C)=CC23)C2C(C)(C)C21OC(=O)C(C)C. The Kier molecular flexibility index (Phi) is 8.87. The van der Waals surface area contributed by atoms with E-state index in [0.717, 1.165) is 25.7 Å². The van der Waals surface area contributed by atoms with Gasteiger partial charge in [0, 0.05) is 41.6 Å². The molecule has 4 aliphatic rings. The van der Waals surface area contributed by atoms with Crippen LogP contribution in [0.3, 0.4) is 0 Å². The van der Waals surface area contributed by atoms with Gasteiger partial charge in [-0.1, -0.05) is 84.8 Å². The van der Waals surface area contributed by atoms with Crippen LogP contribution in [-0.2, 0) is 23.9 Å². The van der Waals surface area contributed by atoms with Crippen LogP contribution in [0.25, 0.3) is 0 Å². The minimum atomic E-state index is -1.96. The summed E-state index contributed by atoms with van der Waals surface area (Å²) in [7, 11) is 0. The molecule has 0 aromatic rings. The number of fused-ring (bicyclic) bond motifs is 5. The highest BCUT2D eigenvalue weighted by atomic mass is 16.6. The Morgan fingerprint density at radius 1 is 1.14 bits per heavy atom. The van der Waals surface area contributed by atoms with Crippen molar-refractivity contribution in [2.45, 2.75) is 103 Å². The van der Waals surface area contributed by atoms with Crippen LogP contribution in [0.5, 0.6) is 0 Å². The molecule has 0 radical (unpaired) electrons. The third-order valence-corrected chi connectivity index (χ3v) is 10.4. The van der Waals surface area contributed by atoms with Gasteiger partial charge in [-0.05, 0) is 30.9 Å². The summed E-state index contributed by atoms with van der Waals surface area (Å²) in [6.07, 6.45) is 13.1. The number of ketones is 1. The highest BCUT2D eigenvalue weighted by Gasteiger charge is 2.88. The van der Waals surface area contributed by atoms with Gasteiger partial charge in [-0.3, -0.25) is 9.59 Å². The lowest BCUT2D eigenvalue weighted by Gasteiger charge is -2.53. The lowest BCUT2D eigenvalue weighted by atomic mass is 9.59. The van der Waals surface area contributed by atoms with Crippen molar-refractivity contribution >= 4 is 17.7 Å². The molecule has 3 N–H and O–H groups in total. The van der Waals surface area contributed by atoms with Crippen LogP contribution in [0.2, 0.25) is 0 Å². The Hall–Kier alpha value is -2.55. The van der Waals surface area contributed by atoms with Crippen molar-refractivity contribution < 1.29 is 39.2 Å². The maximum atomic E-state index is 13.3. The average molecular weight is 585 g/mol. The number of hydrogen-bond donors (Lipinski definition) is 3. The molecule has 0 aromatic carbocycles. The number of allylic oxidation sites excluding steroid dienone is 3. The number of hydrogen-bond acceptors (Lipinski definition) is 8. The first-order valence-corrected chi connectivity index (χ1v) is 15.4. The first-order chi connectivity index (χ1) is 19.6. The highest BCUT2D eigenvalue weighted by Crippen LogP contribution is 2.77. The van der Waals surface area contributed by atoms with Gasteiger partial charge in [0.25, 0.3) is 0 Å². The smallest absolute Gasteiger partial charge is 0.331 e. The summed E-state index contributed by atoms with van der Waals surface area (Å²) in [5.41, 5.74) is -4.94. The summed E-state index contributed by atoms with van der Waals surface area (Å²) in [6, 6.07) is 0. The third kappa shape index (κ3) is 4.83. The minimum absolute atomic E-state index is 0.129. The van der Waals surface area contributed by atoms with Gasteiger partial charge in [0.1, 0.15) is 11.7 Å². The van der Waals surface area contributed by atoms with Gasteiger partial charge in [-0.2, -0.15) is 0 Å². The van der Waals surface area contributed by atoms with Gasteiger partial charge in [0.05, 0.1) is 18.1 Å². The molecule has 2 fully saturated rings. The lowest BCUT2D eigenvalue weighted by molar-refractivity contribution is -0.228. The van der Waals surface area contributed by atoms with E-state index >= 15 is 0 Å². The zero-order valence-electron chi connectivity index (χ0n) is 26.1. The minimum Gasteiger partial charge on any atom is -0.455 e. The fourth-order valence-electron chi connectivity index (χ4n) is 8.09. The summed E-state index contributed by atoms with van der Waals surface area (Å²) < 4.78 is 12.4. The number of rotatable bonds is 10. The van der Waals surface area contributed by atoms with E-state index in [1.54, 1.807) is 52.0 Å². The van der Waals surface area contributed by atoms with E-state index in [9.17, 15) is 29.7 Å². The standard InChI is InChI=1S/C34H48O8/c1-8-9-10-11-12-13-14-15-26(36)41-29-22(5)33(40)24(27-31(6,7)34(27,29)42-30(38)20(2)3)17-23(19-35)18-32(39)25(33)16-21(4)28(32)37/h12-17,20,22,24-25,27,29,35,39-40H,8-11,18-19H2,1-7H3/b13-12+,15-14-/t22-,24?,25?,27?,29+,32+,33+,34?/m0/s1. The van der Waals surface area contributed by atoms with Crippen LogP contribution in [0, 0.1) is 35.0 Å². The average Bonchev–Trinajstić information content (AvgIpc) is 3.36. The Balaban J connectivity index is 1.78. The first kappa shape index (κ1) is 32.4. The molecule has 0 bridgehead atoms. The fraction of sp³-hybridized carbons (Fsp3) is 0.676. The zero-order valence-corrected chi connectivity index (χ0v) is 26.1. The van der Waals surface area contributed by atoms with Crippen molar-refractivity contribution in [1.82, 2.24) is 0 Å². The quantitative estimate of drug-likeness (QED) is 0.113. The van der Waals surface area contributed by atoms with Crippen LogP contribution in [0.15, 0.2) is 47.6 Å².